The van der Waals surface area contributed by atoms with Crippen LogP contribution in [-0.2, 0) is 11.3 Å². The van der Waals surface area contributed by atoms with Crippen molar-refractivity contribution in [3.05, 3.63) is 46.5 Å². The number of aromatic nitrogens is 3. The third-order valence-corrected chi connectivity index (χ3v) is 4.66. The summed E-state index contributed by atoms with van der Waals surface area (Å²) in [6.07, 6.45) is 5.46. The van der Waals surface area contributed by atoms with E-state index in [9.17, 15) is 4.79 Å². The third kappa shape index (κ3) is 3.25. The Morgan fingerprint density at radius 1 is 1.32 bits per heavy atom. The number of hydrogen-bond acceptors (Lipinski definition) is 3. The largest absolute Gasteiger partial charge is 0.336 e. The van der Waals surface area contributed by atoms with Gasteiger partial charge in [-0.05, 0) is 30.5 Å². The van der Waals surface area contributed by atoms with Gasteiger partial charge in [0.25, 0.3) is 0 Å². The number of nitrogens with zero attached hydrogens (tertiary/aromatic N) is 4. The minimum atomic E-state index is 0.0815. The van der Waals surface area contributed by atoms with Gasteiger partial charge in [0.05, 0.1) is 22.6 Å². The van der Waals surface area contributed by atoms with Crippen LogP contribution in [0.1, 0.15) is 30.9 Å². The first-order valence-corrected chi connectivity index (χ1v) is 7.97. The van der Waals surface area contributed by atoms with Crippen LogP contribution >= 0.6 is 23.2 Å². The maximum atomic E-state index is 12.5. The first-order valence-electron chi connectivity index (χ1n) is 7.22. The van der Waals surface area contributed by atoms with Crippen LogP contribution in [0.5, 0.6) is 0 Å². The Balaban J connectivity index is 1.69. The lowest BCUT2D eigenvalue weighted by molar-refractivity contribution is -0.132. The lowest BCUT2D eigenvalue weighted by Gasteiger charge is -2.25. The van der Waals surface area contributed by atoms with Crippen LogP contribution in [0.4, 0.5) is 0 Å². The van der Waals surface area contributed by atoms with E-state index in [1.54, 1.807) is 17.1 Å². The molecule has 1 fully saturated rings. The number of amides is 1. The van der Waals surface area contributed by atoms with Gasteiger partial charge in [0, 0.05) is 13.0 Å². The Morgan fingerprint density at radius 3 is 2.91 bits per heavy atom. The van der Waals surface area contributed by atoms with Crippen molar-refractivity contribution >= 4 is 29.1 Å². The normalized spacial score (nSPS) is 17.9. The van der Waals surface area contributed by atoms with Crippen LogP contribution < -0.4 is 0 Å². The number of likely N-dealkylation sites (tertiary alicyclic amines) is 1. The zero-order valence-electron chi connectivity index (χ0n) is 12.0. The molecule has 22 heavy (non-hydrogen) atoms. The molecule has 7 heteroatoms. The molecule has 5 nitrogen and oxygen atoms in total. The van der Waals surface area contributed by atoms with E-state index >= 15 is 0 Å². The van der Waals surface area contributed by atoms with Crippen molar-refractivity contribution < 1.29 is 4.79 Å². The number of benzene rings is 1. The molecule has 1 aliphatic heterocycles. The van der Waals surface area contributed by atoms with E-state index in [-0.39, 0.29) is 11.9 Å². The van der Waals surface area contributed by atoms with Gasteiger partial charge in [-0.3, -0.25) is 9.48 Å². The molecule has 1 atom stereocenters. The molecule has 1 aromatic heterocycles. The fourth-order valence-corrected chi connectivity index (χ4v) is 3.14. The minimum absolute atomic E-state index is 0.0815. The van der Waals surface area contributed by atoms with Gasteiger partial charge in [-0.2, -0.15) is 5.10 Å². The summed E-state index contributed by atoms with van der Waals surface area (Å²) in [4.78, 5) is 18.3. The second kappa shape index (κ2) is 6.67. The fourth-order valence-electron chi connectivity index (χ4n) is 2.83. The topological polar surface area (TPSA) is 51.0 Å². The molecule has 0 spiro atoms. The van der Waals surface area contributed by atoms with Crippen LogP contribution in [0.25, 0.3) is 0 Å². The van der Waals surface area contributed by atoms with E-state index in [1.807, 2.05) is 17.0 Å². The summed E-state index contributed by atoms with van der Waals surface area (Å²) >= 11 is 12.1. The summed E-state index contributed by atoms with van der Waals surface area (Å²) < 4.78 is 1.67. The number of hydrogen-bond donors (Lipinski definition) is 0. The lowest BCUT2D eigenvalue weighted by Crippen LogP contribution is -2.31. The SMILES string of the molecule is O=C(CCn1cncn1)N1CCC[C@H]1c1ccc(Cl)c(Cl)c1. The smallest absolute Gasteiger partial charge is 0.224 e. The molecule has 0 unspecified atom stereocenters. The molecule has 0 aliphatic carbocycles. The van der Waals surface area contributed by atoms with Crippen LogP contribution in [-0.4, -0.2) is 32.1 Å². The number of carbonyl (C=O) groups is 1. The molecule has 2 heterocycles. The Labute approximate surface area is 138 Å². The van der Waals surface area contributed by atoms with Gasteiger partial charge < -0.3 is 4.90 Å². The predicted molar refractivity (Wildman–Crippen MR) is 84.8 cm³/mol. The Hall–Kier alpha value is -1.59. The monoisotopic (exact) mass is 338 g/mol. The highest BCUT2D eigenvalue weighted by molar-refractivity contribution is 6.42. The molecule has 0 saturated carbocycles. The second-order valence-corrected chi connectivity index (χ2v) is 6.14. The second-order valence-electron chi connectivity index (χ2n) is 5.33. The van der Waals surface area contributed by atoms with Gasteiger partial charge in [-0.1, -0.05) is 29.3 Å². The highest BCUT2D eigenvalue weighted by atomic mass is 35.5. The number of halogens is 2. The van der Waals surface area contributed by atoms with Crippen molar-refractivity contribution in [1.29, 1.82) is 0 Å². The Bertz CT molecular complexity index is 660. The maximum Gasteiger partial charge on any atom is 0.224 e. The molecule has 0 radical (unpaired) electrons. The first kappa shape index (κ1) is 15.3. The zero-order valence-corrected chi connectivity index (χ0v) is 13.5. The van der Waals surface area contributed by atoms with E-state index in [0.717, 1.165) is 24.9 Å². The first-order chi connectivity index (χ1) is 10.6. The summed E-state index contributed by atoms with van der Waals surface area (Å²) in [6.45, 7) is 1.32. The van der Waals surface area contributed by atoms with Crippen LogP contribution in [0, 0.1) is 0 Å². The van der Waals surface area contributed by atoms with Crippen LogP contribution in [0.15, 0.2) is 30.9 Å². The number of rotatable bonds is 4. The molecular formula is C15H16Cl2N4O. The molecule has 1 amide bonds. The zero-order chi connectivity index (χ0) is 15.5. The summed E-state index contributed by atoms with van der Waals surface area (Å²) in [5, 5.41) is 5.08. The van der Waals surface area contributed by atoms with Gasteiger partial charge in [-0.15, -0.1) is 0 Å². The standard InChI is InChI=1S/C15H16Cl2N4O/c16-12-4-3-11(8-13(12)17)14-2-1-6-21(14)15(22)5-7-20-10-18-9-19-20/h3-4,8-10,14H,1-2,5-7H2/t14-/m0/s1. The van der Waals surface area contributed by atoms with Gasteiger partial charge in [0.1, 0.15) is 12.7 Å². The Morgan fingerprint density at radius 2 is 2.18 bits per heavy atom. The van der Waals surface area contributed by atoms with Crippen LogP contribution in [0.2, 0.25) is 10.0 Å². The maximum absolute atomic E-state index is 12.5. The Kier molecular flexibility index (Phi) is 4.64. The van der Waals surface area contributed by atoms with Gasteiger partial charge in [0.2, 0.25) is 5.91 Å². The molecule has 116 valence electrons. The van der Waals surface area contributed by atoms with Crippen molar-refractivity contribution in [3.8, 4) is 0 Å². The molecule has 0 bridgehead atoms. The molecule has 3 rings (SSSR count). The summed E-state index contributed by atoms with van der Waals surface area (Å²) in [5.74, 6) is 0.129. The minimum Gasteiger partial charge on any atom is -0.336 e. The van der Waals surface area contributed by atoms with E-state index < -0.39 is 0 Å². The highest BCUT2D eigenvalue weighted by Gasteiger charge is 2.29. The molecular weight excluding hydrogens is 323 g/mol. The van der Waals surface area contributed by atoms with E-state index in [0.29, 0.717) is 23.0 Å². The van der Waals surface area contributed by atoms with Crippen molar-refractivity contribution in [3.63, 3.8) is 0 Å². The third-order valence-electron chi connectivity index (χ3n) is 3.92. The van der Waals surface area contributed by atoms with Gasteiger partial charge in [-0.25, -0.2) is 4.98 Å². The fraction of sp³-hybridized carbons (Fsp3) is 0.400. The van der Waals surface area contributed by atoms with Crippen molar-refractivity contribution in [2.45, 2.75) is 31.8 Å². The van der Waals surface area contributed by atoms with Crippen molar-refractivity contribution in [2.75, 3.05) is 6.54 Å². The van der Waals surface area contributed by atoms with Crippen molar-refractivity contribution in [2.24, 2.45) is 0 Å². The van der Waals surface area contributed by atoms with E-state index in [4.69, 9.17) is 23.2 Å². The average Bonchev–Trinajstić information content (AvgIpc) is 3.18. The molecule has 1 saturated heterocycles. The number of aryl methyl sites for hydroxylation is 1. The molecule has 1 aromatic carbocycles. The predicted octanol–water partition coefficient (Wildman–Crippen LogP) is 3.34. The summed E-state index contributed by atoms with van der Waals surface area (Å²) in [5.41, 5.74) is 1.04. The molecule has 2 aromatic rings. The molecule has 0 N–H and O–H groups in total. The summed E-state index contributed by atoms with van der Waals surface area (Å²) in [7, 11) is 0. The average molecular weight is 339 g/mol. The van der Waals surface area contributed by atoms with Crippen molar-refractivity contribution in [1.82, 2.24) is 19.7 Å². The summed E-state index contributed by atoms with van der Waals surface area (Å²) in [6, 6.07) is 5.67. The van der Waals surface area contributed by atoms with Gasteiger partial charge >= 0.3 is 0 Å². The lowest BCUT2D eigenvalue weighted by atomic mass is 10.0. The number of carbonyl (C=O) groups excluding carboxylic acids is 1. The van der Waals surface area contributed by atoms with E-state index in [1.165, 1.54) is 6.33 Å². The molecule has 1 aliphatic rings. The van der Waals surface area contributed by atoms with Crippen LogP contribution in [0.3, 0.4) is 0 Å². The highest BCUT2D eigenvalue weighted by Crippen LogP contribution is 2.35. The van der Waals surface area contributed by atoms with Gasteiger partial charge in [0.15, 0.2) is 0 Å². The van der Waals surface area contributed by atoms with E-state index in [2.05, 4.69) is 10.1 Å². The quantitative estimate of drug-likeness (QED) is 0.858.